The molecule has 1 fully saturated rings. The van der Waals surface area contributed by atoms with Crippen LogP contribution >= 0.6 is 15.9 Å². The van der Waals surface area contributed by atoms with E-state index in [1.54, 1.807) is 6.07 Å². The average molecular weight is 572 g/mol. The van der Waals surface area contributed by atoms with Crippen LogP contribution in [0.2, 0.25) is 0 Å². The smallest absolute Gasteiger partial charge is 0.339 e. The standard InChI is InChI=1S/C23H14BrN3O8S/c24-15-6-11-20(35-36(33,34)18-4-2-1-3-5-18)14(12-15)13-19-21(28)25-23(30)26(22(19)29)16-7-9-17(10-8-16)27(31)32/h1-13H,(H,25,28,30)/b19-13+. The van der Waals surface area contributed by atoms with Crippen molar-refractivity contribution in [3.63, 3.8) is 0 Å². The first kappa shape index (κ1) is 24.8. The number of non-ortho nitro benzene ring substituents is 1. The van der Waals surface area contributed by atoms with Crippen LogP contribution in [-0.4, -0.2) is 31.2 Å². The number of benzene rings is 3. The third-order valence-electron chi connectivity index (χ3n) is 4.92. The first-order valence-electron chi connectivity index (χ1n) is 10.0. The number of hydrogen-bond acceptors (Lipinski definition) is 8. The van der Waals surface area contributed by atoms with E-state index in [-0.39, 0.29) is 27.6 Å². The van der Waals surface area contributed by atoms with Gasteiger partial charge in [0, 0.05) is 22.2 Å². The Hall–Kier alpha value is -4.36. The van der Waals surface area contributed by atoms with Gasteiger partial charge in [-0.1, -0.05) is 34.1 Å². The number of barbiturate groups is 1. The van der Waals surface area contributed by atoms with E-state index in [1.165, 1.54) is 54.6 Å². The van der Waals surface area contributed by atoms with Crippen molar-refractivity contribution in [1.29, 1.82) is 0 Å². The molecule has 0 unspecified atom stereocenters. The SMILES string of the molecule is O=C1NC(=O)N(c2ccc([N+](=O)[O-])cc2)C(=O)/C1=C/c1cc(Br)ccc1OS(=O)(=O)c1ccccc1. The Morgan fingerprint density at radius 1 is 0.972 bits per heavy atom. The highest BCUT2D eigenvalue weighted by molar-refractivity contribution is 9.10. The number of hydrogen-bond donors (Lipinski definition) is 1. The first-order chi connectivity index (χ1) is 17.1. The molecular formula is C23H14BrN3O8S. The lowest BCUT2D eigenvalue weighted by Gasteiger charge is -2.26. The molecule has 0 saturated carbocycles. The fourth-order valence-electron chi connectivity index (χ4n) is 3.23. The van der Waals surface area contributed by atoms with Crippen LogP contribution in [0, 0.1) is 10.1 Å². The van der Waals surface area contributed by atoms with E-state index in [9.17, 15) is 32.9 Å². The van der Waals surface area contributed by atoms with Gasteiger partial charge in [-0.3, -0.25) is 25.0 Å². The average Bonchev–Trinajstić information content (AvgIpc) is 2.84. The van der Waals surface area contributed by atoms with Crippen molar-refractivity contribution in [2.75, 3.05) is 4.90 Å². The molecule has 0 aliphatic carbocycles. The van der Waals surface area contributed by atoms with E-state index >= 15 is 0 Å². The molecule has 0 atom stereocenters. The fourth-order valence-corrected chi connectivity index (χ4v) is 4.59. The summed E-state index contributed by atoms with van der Waals surface area (Å²) in [6.45, 7) is 0. The second-order valence-electron chi connectivity index (χ2n) is 7.26. The van der Waals surface area contributed by atoms with Crippen molar-refractivity contribution in [3.05, 3.63) is 98.5 Å². The lowest BCUT2D eigenvalue weighted by Crippen LogP contribution is -2.54. The molecule has 0 radical (unpaired) electrons. The van der Waals surface area contributed by atoms with Gasteiger partial charge in [0.05, 0.1) is 10.6 Å². The summed E-state index contributed by atoms with van der Waals surface area (Å²) in [5.74, 6) is -2.21. The number of imide groups is 2. The second-order valence-corrected chi connectivity index (χ2v) is 9.73. The number of nitrogens with one attached hydrogen (secondary N) is 1. The van der Waals surface area contributed by atoms with Gasteiger partial charge in [0.2, 0.25) is 0 Å². The molecule has 36 heavy (non-hydrogen) atoms. The summed E-state index contributed by atoms with van der Waals surface area (Å²) in [6, 6.07) is 15.2. The normalized spacial score (nSPS) is 15.1. The molecule has 0 spiro atoms. The molecule has 1 N–H and O–H groups in total. The number of rotatable bonds is 6. The number of carbonyl (C=O) groups is 3. The highest BCUT2D eigenvalue weighted by atomic mass is 79.9. The minimum absolute atomic E-state index is 0.0149. The molecule has 0 bridgehead atoms. The number of anilines is 1. The maximum atomic E-state index is 13.1. The maximum Gasteiger partial charge on any atom is 0.339 e. The Bertz CT molecular complexity index is 1540. The van der Waals surface area contributed by atoms with E-state index in [2.05, 4.69) is 15.9 Å². The number of nitro groups is 1. The Balaban J connectivity index is 1.73. The number of nitro benzene ring substituents is 1. The van der Waals surface area contributed by atoms with Crippen molar-refractivity contribution in [2.24, 2.45) is 0 Å². The molecule has 3 aromatic rings. The lowest BCUT2D eigenvalue weighted by atomic mass is 10.1. The summed E-state index contributed by atoms with van der Waals surface area (Å²) in [7, 11) is -4.24. The Kier molecular flexibility index (Phi) is 6.68. The van der Waals surface area contributed by atoms with Gasteiger partial charge in [0.25, 0.3) is 17.5 Å². The summed E-state index contributed by atoms with van der Waals surface area (Å²) in [4.78, 5) is 48.9. The van der Waals surface area contributed by atoms with E-state index in [0.29, 0.717) is 9.37 Å². The summed E-state index contributed by atoms with van der Waals surface area (Å²) in [5.41, 5.74) is -0.710. The van der Waals surface area contributed by atoms with Crippen molar-refractivity contribution >= 4 is 61.3 Å². The van der Waals surface area contributed by atoms with E-state index in [0.717, 1.165) is 18.2 Å². The molecule has 3 aromatic carbocycles. The number of halogens is 1. The molecule has 13 heteroatoms. The van der Waals surface area contributed by atoms with Crippen LogP contribution in [0.15, 0.2) is 87.7 Å². The summed E-state index contributed by atoms with van der Waals surface area (Å²) in [5, 5.41) is 12.9. The van der Waals surface area contributed by atoms with Gasteiger partial charge in [-0.25, -0.2) is 9.69 Å². The third-order valence-corrected chi connectivity index (χ3v) is 6.67. The van der Waals surface area contributed by atoms with Crippen LogP contribution in [0.25, 0.3) is 6.08 Å². The monoisotopic (exact) mass is 571 g/mol. The van der Waals surface area contributed by atoms with Gasteiger partial charge < -0.3 is 4.18 Å². The molecule has 4 amide bonds. The van der Waals surface area contributed by atoms with E-state index in [1.807, 2.05) is 5.32 Å². The van der Waals surface area contributed by atoms with Crippen molar-refractivity contribution in [3.8, 4) is 5.75 Å². The van der Waals surface area contributed by atoms with Gasteiger partial charge in [0.1, 0.15) is 16.2 Å². The number of urea groups is 1. The highest BCUT2D eigenvalue weighted by Crippen LogP contribution is 2.30. The molecular weight excluding hydrogens is 558 g/mol. The Morgan fingerprint density at radius 3 is 2.28 bits per heavy atom. The largest absolute Gasteiger partial charge is 0.378 e. The zero-order chi connectivity index (χ0) is 26.0. The molecule has 0 aromatic heterocycles. The van der Waals surface area contributed by atoms with Crippen LogP contribution in [-0.2, 0) is 19.7 Å². The topological polar surface area (TPSA) is 153 Å². The number of amides is 4. The van der Waals surface area contributed by atoms with Crippen LogP contribution in [0.5, 0.6) is 5.75 Å². The molecule has 11 nitrogen and oxygen atoms in total. The van der Waals surface area contributed by atoms with Gasteiger partial charge in [-0.05, 0) is 48.5 Å². The number of nitrogens with zero attached hydrogens (tertiary/aromatic N) is 2. The van der Waals surface area contributed by atoms with Crippen molar-refractivity contribution in [1.82, 2.24) is 5.32 Å². The van der Waals surface area contributed by atoms with Gasteiger partial charge in [0.15, 0.2) is 0 Å². The van der Waals surface area contributed by atoms with Crippen LogP contribution < -0.4 is 14.4 Å². The van der Waals surface area contributed by atoms with Crippen molar-refractivity contribution in [2.45, 2.75) is 4.90 Å². The summed E-state index contributed by atoms with van der Waals surface area (Å²) in [6.07, 6.45) is 1.09. The second kappa shape index (κ2) is 9.71. The third kappa shape index (κ3) is 5.01. The Morgan fingerprint density at radius 2 is 1.64 bits per heavy atom. The molecule has 1 saturated heterocycles. The predicted molar refractivity (Wildman–Crippen MR) is 130 cm³/mol. The van der Waals surface area contributed by atoms with Crippen molar-refractivity contribution < 1.29 is 31.9 Å². The van der Waals surface area contributed by atoms with Crippen LogP contribution in [0.1, 0.15) is 5.56 Å². The molecule has 1 aliphatic heterocycles. The Labute approximate surface area is 212 Å². The minimum Gasteiger partial charge on any atom is -0.378 e. The van der Waals surface area contributed by atoms with E-state index < -0.39 is 38.5 Å². The molecule has 4 rings (SSSR count). The fraction of sp³-hybridized carbons (Fsp3) is 0. The van der Waals surface area contributed by atoms with Gasteiger partial charge in [-0.15, -0.1) is 0 Å². The summed E-state index contributed by atoms with van der Waals surface area (Å²) < 4.78 is 31.2. The summed E-state index contributed by atoms with van der Waals surface area (Å²) >= 11 is 3.25. The van der Waals surface area contributed by atoms with Crippen LogP contribution in [0.3, 0.4) is 0 Å². The first-order valence-corrected chi connectivity index (χ1v) is 12.2. The highest BCUT2D eigenvalue weighted by Gasteiger charge is 2.37. The minimum atomic E-state index is -4.24. The zero-order valence-electron chi connectivity index (χ0n) is 18.0. The quantitative estimate of drug-likeness (QED) is 0.154. The number of carbonyl (C=O) groups excluding carboxylic acids is 3. The van der Waals surface area contributed by atoms with Gasteiger partial charge in [-0.2, -0.15) is 8.42 Å². The predicted octanol–water partition coefficient (Wildman–Crippen LogP) is 3.79. The molecule has 1 aliphatic rings. The van der Waals surface area contributed by atoms with Gasteiger partial charge >= 0.3 is 16.1 Å². The zero-order valence-corrected chi connectivity index (χ0v) is 20.4. The molecule has 182 valence electrons. The maximum absolute atomic E-state index is 13.1. The lowest BCUT2D eigenvalue weighted by molar-refractivity contribution is -0.384. The van der Waals surface area contributed by atoms with E-state index in [4.69, 9.17) is 4.18 Å². The van der Waals surface area contributed by atoms with Crippen LogP contribution in [0.4, 0.5) is 16.2 Å². The molecule has 1 heterocycles.